The van der Waals surface area contributed by atoms with E-state index in [9.17, 15) is 4.79 Å². The summed E-state index contributed by atoms with van der Waals surface area (Å²) in [6, 6.07) is 3.92. The lowest BCUT2D eigenvalue weighted by molar-refractivity contribution is 0.249. The Kier molecular flexibility index (Phi) is 3.61. The van der Waals surface area contributed by atoms with Crippen LogP contribution in [0.25, 0.3) is 0 Å². The van der Waals surface area contributed by atoms with Crippen molar-refractivity contribution < 1.29 is 4.79 Å². The molecule has 0 radical (unpaired) electrons. The van der Waals surface area contributed by atoms with Crippen molar-refractivity contribution in [2.75, 3.05) is 18.4 Å². The number of amides is 2. The first-order chi connectivity index (χ1) is 7.24. The standard InChI is InChI=1S/C9H12BrN3OS/c10-7-1-2-8(15-7)13-9(14)12-6-3-4-11-5-6/h1-2,6,11H,3-5H2,(H2,12,13,14). The van der Waals surface area contributed by atoms with E-state index >= 15 is 0 Å². The van der Waals surface area contributed by atoms with Gasteiger partial charge in [0.15, 0.2) is 0 Å². The Hall–Kier alpha value is -0.590. The molecule has 0 aliphatic carbocycles. The Bertz CT molecular complexity index is 349. The monoisotopic (exact) mass is 289 g/mol. The second-order valence-corrected chi connectivity index (χ2v) is 5.85. The third-order valence-corrected chi connectivity index (χ3v) is 3.74. The molecule has 2 amide bonds. The predicted molar refractivity (Wildman–Crippen MR) is 65.4 cm³/mol. The first-order valence-electron chi connectivity index (χ1n) is 4.77. The van der Waals surface area contributed by atoms with Gasteiger partial charge in [-0.3, -0.25) is 5.32 Å². The smallest absolute Gasteiger partial charge is 0.320 e. The van der Waals surface area contributed by atoms with E-state index in [0.717, 1.165) is 28.3 Å². The molecule has 1 aliphatic rings. The van der Waals surface area contributed by atoms with Gasteiger partial charge >= 0.3 is 6.03 Å². The van der Waals surface area contributed by atoms with E-state index in [4.69, 9.17) is 0 Å². The van der Waals surface area contributed by atoms with Gasteiger partial charge in [0.05, 0.1) is 8.79 Å². The molecule has 2 rings (SSSR count). The van der Waals surface area contributed by atoms with Crippen molar-refractivity contribution >= 4 is 38.3 Å². The quantitative estimate of drug-likeness (QED) is 0.780. The van der Waals surface area contributed by atoms with Crippen molar-refractivity contribution in [1.82, 2.24) is 10.6 Å². The Morgan fingerprint density at radius 2 is 2.47 bits per heavy atom. The molecule has 0 bridgehead atoms. The van der Waals surface area contributed by atoms with Crippen molar-refractivity contribution in [3.8, 4) is 0 Å². The molecule has 1 aromatic heterocycles. The highest BCUT2D eigenvalue weighted by Gasteiger charge is 2.16. The normalized spacial score (nSPS) is 20.2. The predicted octanol–water partition coefficient (Wildman–Crippen LogP) is 1.99. The summed E-state index contributed by atoms with van der Waals surface area (Å²) < 4.78 is 1.01. The first-order valence-corrected chi connectivity index (χ1v) is 6.38. The highest BCUT2D eigenvalue weighted by Crippen LogP contribution is 2.26. The van der Waals surface area contributed by atoms with E-state index in [2.05, 4.69) is 31.9 Å². The van der Waals surface area contributed by atoms with Crippen molar-refractivity contribution in [3.05, 3.63) is 15.9 Å². The van der Waals surface area contributed by atoms with Gasteiger partial charge in [0.2, 0.25) is 0 Å². The largest absolute Gasteiger partial charge is 0.334 e. The van der Waals surface area contributed by atoms with Gasteiger partial charge in [-0.15, -0.1) is 11.3 Å². The minimum absolute atomic E-state index is 0.127. The summed E-state index contributed by atoms with van der Waals surface area (Å²) in [6.45, 7) is 1.84. The van der Waals surface area contributed by atoms with Crippen LogP contribution < -0.4 is 16.0 Å². The number of nitrogens with one attached hydrogen (secondary N) is 3. The summed E-state index contributed by atoms with van der Waals surface area (Å²) in [5, 5.41) is 9.77. The van der Waals surface area contributed by atoms with Crippen LogP contribution >= 0.6 is 27.3 Å². The average Bonchev–Trinajstić information content (AvgIpc) is 2.77. The third kappa shape index (κ3) is 3.19. The van der Waals surface area contributed by atoms with E-state index in [1.54, 1.807) is 0 Å². The third-order valence-electron chi connectivity index (χ3n) is 2.21. The molecule has 1 fully saturated rings. The fourth-order valence-electron chi connectivity index (χ4n) is 1.49. The highest BCUT2D eigenvalue weighted by molar-refractivity contribution is 9.11. The number of halogens is 1. The summed E-state index contributed by atoms with van der Waals surface area (Å²) in [5.41, 5.74) is 0. The molecule has 15 heavy (non-hydrogen) atoms. The fraction of sp³-hybridized carbons (Fsp3) is 0.444. The Morgan fingerprint density at radius 3 is 3.07 bits per heavy atom. The molecule has 6 heteroatoms. The van der Waals surface area contributed by atoms with Crippen molar-refractivity contribution in [3.63, 3.8) is 0 Å². The van der Waals surface area contributed by atoms with Gasteiger partial charge in [0, 0.05) is 12.6 Å². The van der Waals surface area contributed by atoms with E-state index in [0.29, 0.717) is 0 Å². The Morgan fingerprint density at radius 1 is 1.60 bits per heavy atom. The van der Waals surface area contributed by atoms with Crippen LogP contribution in [0.2, 0.25) is 0 Å². The summed E-state index contributed by atoms with van der Waals surface area (Å²) in [5.74, 6) is 0. The van der Waals surface area contributed by atoms with Crippen molar-refractivity contribution in [2.45, 2.75) is 12.5 Å². The number of carbonyl (C=O) groups is 1. The molecule has 0 spiro atoms. The maximum absolute atomic E-state index is 11.5. The molecule has 1 aliphatic heterocycles. The fourth-order valence-corrected chi connectivity index (χ4v) is 2.77. The van der Waals surface area contributed by atoms with Gasteiger partial charge in [-0.05, 0) is 41.0 Å². The lowest BCUT2D eigenvalue weighted by Crippen LogP contribution is -2.38. The summed E-state index contributed by atoms with van der Waals surface area (Å²) in [6.07, 6.45) is 1.00. The van der Waals surface area contributed by atoms with Crippen LogP contribution in [0.15, 0.2) is 15.9 Å². The molecular formula is C9H12BrN3OS. The summed E-state index contributed by atoms with van der Waals surface area (Å²) >= 11 is 4.85. The molecule has 0 saturated carbocycles. The maximum Gasteiger partial charge on any atom is 0.320 e. The second-order valence-electron chi connectivity index (χ2n) is 3.39. The van der Waals surface area contributed by atoms with E-state index in [1.807, 2.05) is 12.1 Å². The van der Waals surface area contributed by atoms with Crippen LogP contribution in [0.1, 0.15) is 6.42 Å². The SMILES string of the molecule is O=C(Nc1ccc(Br)s1)NC1CCNC1. The minimum Gasteiger partial charge on any atom is -0.334 e. The molecular weight excluding hydrogens is 278 g/mol. The number of carbonyl (C=O) groups excluding carboxylic acids is 1. The van der Waals surface area contributed by atoms with Crippen LogP contribution in [0.5, 0.6) is 0 Å². The van der Waals surface area contributed by atoms with Gasteiger partial charge in [0.1, 0.15) is 0 Å². The molecule has 1 aromatic rings. The Labute approximate surface area is 101 Å². The zero-order valence-electron chi connectivity index (χ0n) is 8.05. The van der Waals surface area contributed by atoms with E-state index in [-0.39, 0.29) is 12.1 Å². The molecule has 2 heterocycles. The van der Waals surface area contributed by atoms with Crippen LogP contribution in [0.4, 0.5) is 9.80 Å². The molecule has 4 nitrogen and oxygen atoms in total. The zero-order valence-corrected chi connectivity index (χ0v) is 10.5. The number of hydrogen-bond acceptors (Lipinski definition) is 3. The number of urea groups is 1. The number of anilines is 1. The van der Waals surface area contributed by atoms with Crippen LogP contribution in [0.3, 0.4) is 0 Å². The zero-order chi connectivity index (χ0) is 10.7. The van der Waals surface area contributed by atoms with Gasteiger partial charge in [-0.1, -0.05) is 0 Å². The van der Waals surface area contributed by atoms with Crippen LogP contribution in [-0.4, -0.2) is 25.2 Å². The molecule has 3 N–H and O–H groups in total. The van der Waals surface area contributed by atoms with E-state index < -0.39 is 0 Å². The topological polar surface area (TPSA) is 53.2 Å². The highest BCUT2D eigenvalue weighted by atomic mass is 79.9. The lowest BCUT2D eigenvalue weighted by atomic mass is 10.3. The molecule has 82 valence electrons. The number of rotatable bonds is 2. The molecule has 1 unspecified atom stereocenters. The summed E-state index contributed by atoms with van der Waals surface area (Å²) in [7, 11) is 0. The van der Waals surface area contributed by atoms with E-state index in [1.165, 1.54) is 11.3 Å². The van der Waals surface area contributed by atoms with Gasteiger partial charge in [-0.2, -0.15) is 0 Å². The van der Waals surface area contributed by atoms with Crippen molar-refractivity contribution in [1.29, 1.82) is 0 Å². The average molecular weight is 290 g/mol. The number of hydrogen-bond donors (Lipinski definition) is 3. The number of thiophene rings is 1. The molecule has 1 saturated heterocycles. The minimum atomic E-state index is -0.127. The Balaban J connectivity index is 1.81. The molecule has 0 aromatic carbocycles. The van der Waals surface area contributed by atoms with Gasteiger partial charge in [0.25, 0.3) is 0 Å². The molecule has 1 atom stereocenters. The van der Waals surface area contributed by atoms with Crippen molar-refractivity contribution in [2.24, 2.45) is 0 Å². The lowest BCUT2D eigenvalue weighted by Gasteiger charge is -2.11. The summed E-state index contributed by atoms with van der Waals surface area (Å²) in [4.78, 5) is 11.5. The first kappa shape index (κ1) is 10.9. The van der Waals surface area contributed by atoms with Gasteiger partial charge < -0.3 is 10.6 Å². The second kappa shape index (κ2) is 4.96. The van der Waals surface area contributed by atoms with Crippen LogP contribution in [-0.2, 0) is 0 Å². The van der Waals surface area contributed by atoms with Crippen LogP contribution in [0, 0.1) is 0 Å². The maximum atomic E-state index is 11.5. The van der Waals surface area contributed by atoms with Gasteiger partial charge in [-0.25, -0.2) is 4.79 Å².